The number of rotatable bonds is 6. The lowest BCUT2D eigenvalue weighted by molar-refractivity contribution is 0.0515. The molecule has 0 radical (unpaired) electrons. The van der Waals surface area contributed by atoms with Gasteiger partial charge in [-0.25, -0.2) is 13.2 Å². The molecule has 11 heteroatoms. The number of esters is 1. The molecule has 1 unspecified atom stereocenters. The maximum atomic E-state index is 13.1. The number of carbonyl (C=O) groups excluding carboxylic acids is 2. The Balaban J connectivity index is 1.86. The summed E-state index contributed by atoms with van der Waals surface area (Å²) < 4.78 is 34.0. The zero-order chi connectivity index (χ0) is 20.5. The molecule has 1 amide bonds. The lowest BCUT2D eigenvalue weighted by Crippen LogP contribution is -2.39. The second-order valence-corrected chi connectivity index (χ2v) is 8.59. The summed E-state index contributed by atoms with van der Waals surface area (Å²) in [6, 6.07) is 1.32. The van der Waals surface area contributed by atoms with Gasteiger partial charge in [0.05, 0.1) is 24.1 Å². The minimum atomic E-state index is -3.82. The number of H-pyrrole nitrogens is 1. The largest absolute Gasteiger partial charge is 0.461 e. The van der Waals surface area contributed by atoms with Gasteiger partial charge < -0.3 is 15.0 Å². The van der Waals surface area contributed by atoms with Crippen molar-refractivity contribution in [3.05, 3.63) is 35.4 Å². The highest BCUT2D eigenvalue weighted by molar-refractivity contribution is 7.89. The molecule has 0 aliphatic carbocycles. The van der Waals surface area contributed by atoms with Crippen molar-refractivity contribution in [1.29, 1.82) is 0 Å². The van der Waals surface area contributed by atoms with E-state index in [1.54, 1.807) is 14.0 Å². The smallest absolute Gasteiger partial charge is 0.354 e. The molecule has 0 saturated carbocycles. The Bertz CT molecular complexity index is 994. The highest BCUT2D eigenvalue weighted by atomic mass is 32.2. The van der Waals surface area contributed by atoms with Gasteiger partial charge in [-0.15, -0.1) is 0 Å². The van der Waals surface area contributed by atoms with Gasteiger partial charge >= 0.3 is 5.97 Å². The number of sulfonamides is 1. The number of primary amides is 1. The molecule has 3 heterocycles. The molecule has 28 heavy (non-hydrogen) atoms. The molecule has 0 aromatic carbocycles. The molecule has 10 nitrogen and oxygen atoms in total. The number of aryl methyl sites for hydroxylation is 1. The number of ether oxygens (including phenoxy) is 1. The number of nitrogens with zero attached hydrogens (tertiary/aromatic N) is 3. The topological polar surface area (TPSA) is 140 Å². The zero-order valence-electron chi connectivity index (χ0n) is 15.7. The maximum absolute atomic E-state index is 13.1. The van der Waals surface area contributed by atoms with Gasteiger partial charge in [-0.05, 0) is 25.8 Å². The predicted molar refractivity (Wildman–Crippen MR) is 99.2 cm³/mol. The summed E-state index contributed by atoms with van der Waals surface area (Å²) >= 11 is 0. The van der Waals surface area contributed by atoms with Crippen molar-refractivity contribution in [2.45, 2.75) is 30.6 Å². The zero-order valence-corrected chi connectivity index (χ0v) is 16.5. The average molecular weight is 409 g/mol. The van der Waals surface area contributed by atoms with Gasteiger partial charge in [-0.1, -0.05) is 0 Å². The molecule has 3 N–H and O–H groups in total. The van der Waals surface area contributed by atoms with Crippen LogP contribution in [0.2, 0.25) is 0 Å². The molecule has 1 aliphatic heterocycles. The van der Waals surface area contributed by atoms with Crippen LogP contribution in [0.1, 0.15) is 52.2 Å². The lowest BCUT2D eigenvalue weighted by Gasteiger charge is -2.31. The van der Waals surface area contributed by atoms with E-state index >= 15 is 0 Å². The Kier molecular flexibility index (Phi) is 5.57. The minimum Gasteiger partial charge on any atom is -0.461 e. The SMILES string of the molecule is CCOC(=O)c1cc(S(=O)(=O)N2CCCC(c3[nH]ncc3C(N)=O)C2)cn1C. The number of nitrogens with one attached hydrogen (secondary N) is 1. The second kappa shape index (κ2) is 7.76. The Morgan fingerprint density at radius 2 is 2.18 bits per heavy atom. The first kappa shape index (κ1) is 20.1. The van der Waals surface area contributed by atoms with Gasteiger partial charge in [0.25, 0.3) is 5.91 Å². The van der Waals surface area contributed by atoms with E-state index in [0.29, 0.717) is 25.1 Å². The van der Waals surface area contributed by atoms with Crippen LogP contribution in [0, 0.1) is 0 Å². The molecule has 2 aromatic heterocycles. The number of aromatic amines is 1. The highest BCUT2D eigenvalue weighted by Gasteiger charge is 2.34. The van der Waals surface area contributed by atoms with Crippen LogP contribution >= 0.6 is 0 Å². The number of amides is 1. The van der Waals surface area contributed by atoms with Crippen LogP contribution in [0.3, 0.4) is 0 Å². The number of hydrogen-bond acceptors (Lipinski definition) is 6. The van der Waals surface area contributed by atoms with E-state index in [1.165, 1.54) is 27.3 Å². The molecule has 0 spiro atoms. The fourth-order valence-corrected chi connectivity index (χ4v) is 5.03. The summed E-state index contributed by atoms with van der Waals surface area (Å²) in [4.78, 5) is 23.6. The molecule has 1 fully saturated rings. The molecule has 1 aliphatic rings. The standard InChI is InChI=1S/C17H23N5O5S/c1-3-27-17(24)14-7-12(10-21(14)2)28(25,26)22-6-4-5-11(9-22)15-13(16(18)23)8-19-20-15/h7-8,10-11H,3-6,9H2,1-2H3,(H2,18,23)(H,19,20). The van der Waals surface area contributed by atoms with Gasteiger partial charge in [0.2, 0.25) is 10.0 Å². The normalized spacial score (nSPS) is 18.1. The average Bonchev–Trinajstić information content (AvgIpc) is 3.29. The van der Waals surface area contributed by atoms with Crippen molar-refractivity contribution in [3.8, 4) is 0 Å². The predicted octanol–water partition coefficient (Wildman–Crippen LogP) is 0.592. The van der Waals surface area contributed by atoms with E-state index < -0.39 is 21.9 Å². The maximum Gasteiger partial charge on any atom is 0.354 e. The third-order valence-corrected chi connectivity index (χ3v) is 6.66. The van der Waals surface area contributed by atoms with E-state index in [0.717, 1.165) is 0 Å². The molecular weight excluding hydrogens is 386 g/mol. The van der Waals surface area contributed by atoms with Crippen LogP contribution in [-0.2, 0) is 21.8 Å². The molecule has 152 valence electrons. The Morgan fingerprint density at radius 3 is 2.86 bits per heavy atom. The van der Waals surface area contributed by atoms with Crippen LogP contribution in [0.15, 0.2) is 23.4 Å². The summed E-state index contributed by atoms with van der Waals surface area (Å²) in [5, 5.41) is 6.64. The molecule has 3 rings (SSSR count). The van der Waals surface area contributed by atoms with Crippen molar-refractivity contribution >= 4 is 21.9 Å². The van der Waals surface area contributed by atoms with Crippen molar-refractivity contribution in [1.82, 2.24) is 19.1 Å². The van der Waals surface area contributed by atoms with E-state index in [4.69, 9.17) is 10.5 Å². The van der Waals surface area contributed by atoms with Crippen molar-refractivity contribution in [2.75, 3.05) is 19.7 Å². The fourth-order valence-electron chi connectivity index (χ4n) is 3.43. The third-order valence-electron chi connectivity index (χ3n) is 4.83. The van der Waals surface area contributed by atoms with E-state index in [1.807, 2.05) is 0 Å². The molecular formula is C17H23N5O5S. The third kappa shape index (κ3) is 3.67. The van der Waals surface area contributed by atoms with Crippen LogP contribution in [0.25, 0.3) is 0 Å². The van der Waals surface area contributed by atoms with Crippen molar-refractivity contribution in [3.63, 3.8) is 0 Å². The Hall–Kier alpha value is -2.66. The summed E-state index contributed by atoms with van der Waals surface area (Å²) in [5.74, 6) is -1.40. The Morgan fingerprint density at radius 1 is 1.43 bits per heavy atom. The number of piperidine rings is 1. The number of hydrogen-bond donors (Lipinski definition) is 2. The van der Waals surface area contributed by atoms with Crippen LogP contribution in [0.5, 0.6) is 0 Å². The summed E-state index contributed by atoms with van der Waals surface area (Å²) in [7, 11) is -2.22. The minimum absolute atomic E-state index is 0.0263. The first-order valence-corrected chi connectivity index (χ1v) is 10.4. The van der Waals surface area contributed by atoms with Gasteiger partial charge in [0.1, 0.15) is 10.6 Å². The van der Waals surface area contributed by atoms with Crippen LogP contribution in [0.4, 0.5) is 0 Å². The van der Waals surface area contributed by atoms with Gasteiger partial charge in [0, 0.05) is 32.3 Å². The monoisotopic (exact) mass is 409 g/mol. The first-order chi connectivity index (χ1) is 13.3. The van der Waals surface area contributed by atoms with E-state index in [9.17, 15) is 18.0 Å². The van der Waals surface area contributed by atoms with Gasteiger partial charge in [0.15, 0.2) is 0 Å². The molecule has 0 bridgehead atoms. The van der Waals surface area contributed by atoms with Crippen molar-refractivity contribution in [2.24, 2.45) is 12.8 Å². The number of nitrogens with two attached hydrogens (primary N) is 1. The second-order valence-electron chi connectivity index (χ2n) is 6.66. The quantitative estimate of drug-likeness (QED) is 0.669. The van der Waals surface area contributed by atoms with Crippen molar-refractivity contribution < 1.29 is 22.7 Å². The first-order valence-electron chi connectivity index (χ1n) is 8.92. The van der Waals surface area contributed by atoms with Gasteiger partial charge in [-0.2, -0.15) is 9.40 Å². The highest BCUT2D eigenvalue weighted by Crippen LogP contribution is 2.31. The van der Waals surface area contributed by atoms with Crippen LogP contribution < -0.4 is 5.73 Å². The number of aromatic nitrogens is 3. The summed E-state index contributed by atoms with van der Waals surface area (Å²) in [5.41, 5.74) is 6.36. The molecule has 2 aromatic rings. The number of carbonyl (C=O) groups is 2. The van der Waals surface area contributed by atoms with Gasteiger partial charge in [-0.3, -0.25) is 9.89 Å². The fraction of sp³-hybridized carbons (Fsp3) is 0.471. The van der Waals surface area contributed by atoms with E-state index in [2.05, 4.69) is 10.2 Å². The summed E-state index contributed by atoms with van der Waals surface area (Å²) in [6.45, 7) is 2.42. The Labute approximate surface area is 162 Å². The molecule has 1 saturated heterocycles. The molecule has 1 atom stereocenters. The van der Waals surface area contributed by atoms with E-state index in [-0.39, 0.29) is 35.2 Å². The lowest BCUT2D eigenvalue weighted by atomic mass is 9.93. The van der Waals surface area contributed by atoms with Crippen LogP contribution in [-0.4, -0.2) is 59.1 Å². The summed E-state index contributed by atoms with van der Waals surface area (Å²) in [6.07, 6.45) is 4.08.